The average Bonchev–Trinajstić information content (AvgIpc) is 2.33. The summed E-state index contributed by atoms with van der Waals surface area (Å²) in [5.74, 6) is -1.48. The van der Waals surface area contributed by atoms with Crippen molar-refractivity contribution in [1.82, 2.24) is 15.0 Å². The minimum absolute atomic E-state index is 0.0380. The molecule has 0 atom stereocenters. The zero-order valence-corrected chi connectivity index (χ0v) is 11.4. The molecule has 0 bridgehead atoms. The molecule has 0 radical (unpaired) electrons. The first-order valence-corrected chi connectivity index (χ1v) is 6.56. The molecule has 0 saturated heterocycles. The van der Waals surface area contributed by atoms with Crippen LogP contribution < -0.4 is 5.32 Å². The van der Waals surface area contributed by atoms with Crippen molar-refractivity contribution in [2.24, 2.45) is 0 Å². The first kappa shape index (κ1) is 14.0. The molecule has 1 aromatic heterocycles. The Kier molecular flexibility index (Phi) is 4.49. The van der Waals surface area contributed by atoms with E-state index in [1.807, 2.05) is 6.92 Å². The molecule has 0 fully saturated rings. The Morgan fingerprint density at radius 1 is 1.21 bits per heavy atom. The number of halogens is 3. The van der Waals surface area contributed by atoms with Gasteiger partial charge < -0.3 is 5.32 Å². The summed E-state index contributed by atoms with van der Waals surface area (Å²) in [6.07, 6.45) is 0. The van der Waals surface area contributed by atoms with Gasteiger partial charge in [-0.1, -0.05) is 0 Å². The largest absolute Gasteiger partial charge is 0.354 e. The predicted molar refractivity (Wildman–Crippen MR) is 69.5 cm³/mol. The number of rotatable bonds is 4. The van der Waals surface area contributed by atoms with E-state index in [0.29, 0.717) is 22.5 Å². The maximum atomic E-state index is 13.1. The van der Waals surface area contributed by atoms with Crippen LogP contribution >= 0.6 is 23.4 Å². The molecule has 4 nitrogen and oxygen atoms in total. The van der Waals surface area contributed by atoms with Gasteiger partial charge in [0.05, 0.1) is 0 Å². The van der Waals surface area contributed by atoms with Crippen molar-refractivity contribution in [2.45, 2.75) is 17.0 Å². The van der Waals surface area contributed by atoms with Crippen LogP contribution in [0.15, 0.2) is 28.3 Å². The number of hydrogen-bond donors (Lipinski definition) is 1. The van der Waals surface area contributed by atoms with Gasteiger partial charge in [0.2, 0.25) is 11.2 Å². The standard InChI is InChI=1S/C11H9ClF2N4S/c1-2-15-10-16-9(12)17-11(18-10)19-6-3-4-7(13)8(14)5-6/h3-5H,2H2,1H3,(H,15,16,17,18). The quantitative estimate of drug-likeness (QED) is 0.938. The lowest BCUT2D eigenvalue weighted by Crippen LogP contribution is -2.04. The predicted octanol–water partition coefficient (Wildman–Crippen LogP) is 3.39. The highest BCUT2D eigenvalue weighted by atomic mass is 35.5. The Bertz CT molecular complexity index is 597. The number of nitrogens with one attached hydrogen (secondary N) is 1. The molecule has 0 amide bonds. The summed E-state index contributed by atoms with van der Waals surface area (Å²) < 4.78 is 25.9. The van der Waals surface area contributed by atoms with Crippen LogP contribution in [0.3, 0.4) is 0 Å². The molecular formula is C11H9ClF2N4S. The number of aromatic nitrogens is 3. The SMILES string of the molecule is CCNc1nc(Cl)nc(Sc2ccc(F)c(F)c2)n1. The van der Waals surface area contributed by atoms with Crippen LogP contribution in [-0.2, 0) is 0 Å². The third-order valence-corrected chi connectivity index (χ3v) is 3.05. The van der Waals surface area contributed by atoms with Crippen molar-refractivity contribution in [3.8, 4) is 0 Å². The molecule has 2 aromatic rings. The van der Waals surface area contributed by atoms with Crippen molar-refractivity contribution in [1.29, 1.82) is 0 Å². The van der Waals surface area contributed by atoms with Crippen LogP contribution in [0.2, 0.25) is 5.28 Å². The Balaban J connectivity index is 2.24. The highest BCUT2D eigenvalue weighted by molar-refractivity contribution is 7.99. The summed E-state index contributed by atoms with van der Waals surface area (Å²) in [5.41, 5.74) is 0. The molecule has 0 aliphatic heterocycles. The summed E-state index contributed by atoms with van der Waals surface area (Å²) >= 11 is 6.83. The van der Waals surface area contributed by atoms with Crippen molar-refractivity contribution in [2.75, 3.05) is 11.9 Å². The topological polar surface area (TPSA) is 50.7 Å². The van der Waals surface area contributed by atoms with Crippen LogP contribution in [-0.4, -0.2) is 21.5 Å². The van der Waals surface area contributed by atoms with E-state index in [0.717, 1.165) is 23.9 Å². The van der Waals surface area contributed by atoms with E-state index in [2.05, 4.69) is 20.3 Å². The van der Waals surface area contributed by atoms with E-state index in [9.17, 15) is 8.78 Å². The smallest absolute Gasteiger partial charge is 0.228 e. The molecule has 1 aromatic carbocycles. The Morgan fingerprint density at radius 3 is 2.68 bits per heavy atom. The number of anilines is 1. The number of hydrogen-bond acceptors (Lipinski definition) is 5. The normalized spacial score (nSPS) is 10.5. The Hall–Kier alpha value is -1.47. The minimum atomic E-state index is -0.919. The summed E-state index contributed by atoms with van der Waals surface area (Å²) in [6, 6.07) is 3.56. The summed E-state index contributed by atoms with van der Waals surface area (Å²) in [5, 5.41) is 3.25. The van der Waals surface area contributed by atoms with Crippen molar-refractivity contribution >= 4 is 29.3 Å². The molecule has 0 saturated carbocycles. The van der Waals surface area contributed by atoms with Gasteiger partial charge in [0.25, 0.3) is 0 Å². The van der Waals surface area contributed by atoms with Gasteiger partial charge in [-0.2, -0.15) is 15.0 Å². The molecule has 1 N–H and O–H groups in total. The lowest BCUT2D eigenvalue weighted by Gasteiger charge is -2.04. The fourth-order valence-corrected chi connectivity index (χ4v) is 2.24. The van der Waals surface area contributed by atoms with Crippen molar-refractivity contribution in [3.05, 3.63) is 35.1 Å². The minimum Gasteiger partial charge on any atom is -0.354 e. The van der Waals surface area contributed by atoms with E-state index in [1.165, 1.54) is 6.07 Å². The first-order valence-electron chi connectivity index (χ1n) is 5.37. The van der Waals surface area contributed by atoms with Crippen LogP contribution in [0.4, 0.5) is 14.7 Å². The molecule has 2 rings (SSSR count). The van der Waals surface area contributed by atoms with E-state index in [-0.39, 0.29) is 5.28 Å². The maximum Gasteiger partial charge on any atom is 0.228 e. The zero-order valence-electron chi connectivity index (χ0n) is 9.82. The van der Waals surface area contributed by atoms with E-state index in [4.69, 9.17) is 11.6 Å². The second kappa shape index (κ2) is 6.12. The van der Waals surface area contributed by atoms with E-state index < -0.39 is 11.6 Å². The Labute approximate surface area is 117 Å². The summed E-state index contributed by atoms with van der Waals surface area (Å²) in [6.45, 7) is 2.52. The zero-order chi connectivity index (χ0) is 13.8. The molecule has 19 heavy (non-hydrogen) atoms. The van der Waals surface area contributed by atoms with E-state index >= 15 is 0 Å². The monoisotopic (exact) mass is 302 g/mol. The fraction of sp³-hybridized carbons (Fsp3) is 0.182. The van der Waals surface area contributed by atoms with Gasteiger partial charge in [-0.05, 0) is 48.5 Å². The average molecular weight is 303 g/mol. The van der Waals surface area contributed by atoms with Gasteiger partial charge in [-0.25, -0.2) is 8.78 Å². The molecule has 0 aliphatic carbocycles. The Morgan fingerprint density at radius 2 is 2.00 bits per heavy atom. The highest BCUT2D eigenvalue weighted by Gasteiger charge is 2.08. The molecule has 100 valence electrons. The summed E-state index contributed by atoms with van der Waals surface area (Å²) in [7, 11) is 0. The van der Waals surface area contributed by atoms with Crippen LogP contribution in [0.5, 0.6) is 0 Å². The van der Waals surface area contributed by atoms with Crippen LogP contribution in [0.1, 0.15) is 6.92 Å². The first-order chi connectivity index (χ1) is 9.08. The van der Waals surface area contributed by atoms with Gasteiger partial charge in [-0.3, -0.25) is 0 Å². The van der Waals surface area contributed by atoms with E-state index in [1.54, 1.807) is 0 Å². The third kappa shape index (κ3) is 3.74. The molecule has 0 aliphatic rings. The lowest BCUT2D eigenvalue weighted by molar-refractivity contribution is 0.506. The third-order valence-electron chi connectivity index (χ3n) is 2.02. The van der Waals surface area contributed by atoms with Gasteiger partial charge in [0.1, 0.15) is 0 Å². The van der Waals surface area contributed by atoms with Crippen LogP contribution in [0.25, 0.3) is 0 Å². The highest BCUT2D eigenvalue weighted by Crippen LogP contribution is 2.27. The molecule has 8 heteroatoms. The maximum absolute atomic E-state index is 13.1. The van der Waals surface area contributed by atoms with Gasteiger partial charge >= 0.3 is 0 Å². The van der Waals surface area contributed by atoms with Gasteiger partial charge in [0.15, 0.2) is 16.8 Å². The van der Waals surface area contributed by atoms with Crippen molar-refractivity contribution < 1.29 is 8.78 Å². The summed E-state index contributed by atoms with van der Waals surface area (Å²) in [4.78, 5) is 12.4. The fourth-order valence-electron chi connectivity index (χ4n) is 1.26. The molecular weight excluding hydrogens is 294 g/mol. The van der Waals surface area contributed by atoms with Crippen molar-refractivity contribution in [3.63, 3.8) is 0 Å². The molecule has 0 unspecified atom stereocenters. The second-order valence-corrected chi connectivity index (χ2v) is 4.80. The van der Waals surface area contributed by atoms with Gasteiger partial charge in [0, 0.05) is 11.4 Å². The van der Waals surface area contributed by atoms with Crippen LogP contribution in [0, 0.1) is 11.6 Å². The number of nitrogens with zero attached hydrogens (tertiary/aromatic N) is 3. The number of benzene rings is 1. The van der Waals surface area contributed by atoms with Gasteiger partial charge in [-0.15, -0.1) is 0 Å². The second-order valence-electron chi connectivity index (χ2n) is 3.42. The molecule has 1 heterocycles. The molecule has 0 spiro atoms. The lowest BCUT2D eigenvalue weighted by atomic mass is 10.3.